The van der Waals surface area contributed by atoms with Crippen molar-refractivity contribution in [1.29, 1.82) is 0 Å². The van der Waals surface area contributed by atoms with Crippen molar-refractivity contribution in [3.05, 3.63) is 28.8 Å². The van der Waals surface area contributed by atoms with E-state index in [-0.39, 0.29) is 6.10 Å². The lowest BCUT2D eigenvalue weighted by Gasteiger charge is -2.36. The first-order valence-corrected chi connectivity index (χ1v) is 6.18. The van der Waals surface area contributed by atoms with Crippen LogP contribution >= 0.6 is 11.6 Å². The van der Waals surface area contributed by atoms with E-state index in [0.29, 0.717) is 23.0 Å². The molecule has 0 spiro atoms. The number of anilines is 1. The maximum absolute atomic E-state index is 11.1. The molecule has 1 N–H and O–H groups in total. The van der Waals surface area contributed by atoms with Gasteiger partial charge in [-0.25, -0.2) is 0 Å². The Bertz CT molecular complexity index is 422. The minimum absolute atomic E-state index is 0.310. The number of carbonyl (C=O) groups is 1. The average Bonchev–Trinajstić information content (AvgIpc) is 2.32. The van der Waals surface area contributed by atoms with E-state index in [1.165, 1.54) is 0 Å². The molecular weight excluding hydrogens is 238 g/mol. The van der Waals surface area contributed by atoms with Gasteiger partial charge in [0, 0.05) is 18.8 Å². The molecule has 1 saturated heterocycles. The molecule has 0 radical (unpaired) electrons. The second-order valence-corrected chi connectivity index (χ2v) is 4.98. The quantitative estimate of drug-likeness (QED) is 0.823. The number of carbonyl (C=O) groups excluding carboxylic acids is 1. The highest BCUT2D eigenvalue weighted by molar-refractivity contribution is 6.33. The van der Waals surface area contributed by atoms with Gasteiger partial charge in [-0.1, -0.05) is 24.6 Å². The molecule has 2 rings (SSSR count). The van der Waals surface area contributed by atoms with Gasteiger partial charge in [-0.3, -0.25) is 4.79 Å². The van der Waals surface area contributed by atoms with E-state index >= 15 is 0 Å². The molecule has 2 unspecified atom stereocenters. The summed E-state index contributed by atoms with van der Waals surface area (Å²) in [5.41, 5.74) is 1.33. The summed E-state index contributed by atoms with van der Waals surface area (Å²) in [5.74, 6) is 0.310. The Balaban J connectivity index is 2.28. The van der Waals surface area contributed by atoms with E-state index in [9.17, 15) is 9.90 Å². The molecule has 0 amide bonds. The summed E-state index contributed by atoms with van der Waals surface area (Å²) in [6.45, 7) is 3.45. The first-order chi connectivity index (χ1) is 8.13. The molecule has 17 heavy (non-hydrogen) atoms. The van der Waals surface area contributed by atoms with E-state index in [2.05, 4.69) is 0 Å². The number of aliphatic hydroxyl groups excluding tert-OH is 1. The van der Waals surface area contributed by atoms with Crippen LogP contribution < -0.4 is 4.90 Å². The fraction of sp³-hybridized carbons (Fsp3) is 0.462. The lowest BCUT2D eigenvalue weighted by molar-refractivity contribution is 0.102. The van der Waals surface area contributed by atoms with Gasteiger partial charge in [-0.15, -0.1) is 0 Å². The van der Waals surface area contributed by atoms with Gasteiger partial charge in [0.05, 0.1) is 16.7 Å². The molecule has 1 aliphatic heterocycles. The first-order valence-electron chi connectivity index (χ1n) is 5.80. The number of hydrogen-bond donors (Lipinski definition) is 1. The third kappa shape index (κ3) is 2.45. The molecule has 1 aromatic carbocycles. The topological polar surface area (TPSA) is 40.5 Å². The van der Waals surface area contributed by atoms with Gasteiger partial charge < -0.3 is 10.0 Å². The molecule has 92 valence electrons. The number of aldehydes is 1. The number of nitrogens with zero attached hydrogens (tertiary/aromatic N) is 1. The van der Waals surface area contributed by atoms with E-state index in [0.717, 1.165) is 24.9 Å². The van der Waals surface area contributed by atoms with E-state index in [1.54, 1.807) is 6.07 Å². The summed E-state index contributed by atoms with van der Waals surface area (Å²) < 4.78 is 0. The molecular formula is C13H16ClNO2. The molecule has 1 aliphatic rings. The number of hydrogen-bond acceptors (Lipinski definition) is 3. The van der Waals surface area contributed by atoms with Crippen LogP contribution in [0.15, 0.2) is 18.2 Å². The normalized spacial score (nSPS) is 24.8. The van der Waals surface area contributed by atoms with Gasteiger partial charge >= 0.3 is 0 Å². The summed E-state index contributed by atoms with van der Waals surface area (Å²) >= 11 is 5.99. The van der Waals surface area contributed by atoms with Gasteiger partial charge in [-0.05, 0) is 24.5 Å². The molecule has 0 aromatic heterocycles. The lowest BCUT2D eigenvalue weighted by Crippen LogP contribution is -2.43. The third-order valence-electron chi connectivity index (χ3n) is 3.41. The van der Waals surface area contributed by atoms with Crippen molar-refractivity contribution in [1.82, 2.24) is 0 Å². The van der Waals surface area contributed by atoms with Crippen LogP contribution in [0, 0.1) is 5.92 Å². The number of halogens is 1. The third-order valence-corrected chi connectivity index (χ3v) is 3.74. The largest absolute Gasteiger partial charge is 0.391 e. The Morgan fingerprint density at radius 3 is 2.94 bits per heavy atom. The molecule has 4 heteroatoms. The second kappa shape index (κ2) is 5.07. The highest BCUT2D eigenvalue weighted by Crippen LogP contribution is 2.29. The minimum atomic E-state index is -0.345. The zero-order valence-corrected chi connectivity index (χ0v) is 10.5. The number of aliphatic hydroxyl groups is 1. The molecule has 2 atom stereocenters. The van der Waals surface area contributed by atoms with Crippen molar-refractivity contribution in [3.8, 4) is 0 Å². The SMILES string of the molecule is CC1CCN(c2cccc(Cl)c2C=O)CC1O. The highest BCUT2D eigenvalue weighted by Gasteiger charge is 2.25. The Hall–Kier alpha value is -1.06. The van der Waals surface area contributed by atoms with Crippen molar-refractivity contribution in [2.75, 3.05) is 18.0 Å². The molecule has 0 saturated carbocycles. The second-order valence-electron chi connectivity index (χ2n) is 4.57. The Morgan fingerprint density at radius 2 is 2.29 bits per heavy atom. The van der Waals surface area contributed by atoms with Crippen LogP contribution in [0.1, 0.15) is 23.7 Å². The molecule has 0 bridgehead atoms. The van der Waals surface area contributed by atoms with Crippen molar-refractivity contribution in [2.45, 2.75) is 19.4 Å². The van der Waals surface area contributed by atoms with Crippen LogP contribution in [-0.4, -0.2) is 30.6 Å². The molecule has 0 aliphatic carbocycles. The predicted octanol–water partition coefficient (Wildman–Crippen LogP) is 2.36. The maximum atomic E-state index is 11.1. The summed E-state index contributed by atoms with van der Waals surface area (Å²) in [6.07, 6.45) is 1.36. The summed E-state index contributed by atoms with van der Waals surface area (Å²) in [4.78, 5) is 13.1. The average molecular weight is 254 g/mol. The summed E-state index contributed by atoms with van der Waals surface area (Å²) in [5, 5.41) is 10.3. The van der Waals surface area contributed by atoms with Gasteiger partial charge in [0.1, 0.15) is 0 Å². The fourth-order valence-corrected chi connectivity index (χ4v) is 2.40. The molecule has 1 fully saturated rings. The minimum Gasteiger partial charge on any atom is -0.391 e. The predicted molar refractivity (Wildman–Crippen MR) is 68.8 cm³/mol. The highest BCUT2D eigenvalue weighted by atomic mass is 35.5. The molecule has 1 aromatic rings. The Labute approximate surface area is 106 Å². The van der Waals surface area contributed by atoms with E-state index in [4.69, 9.17) is 11.6 Å². The van der Waals surface area contributed by atoms with Crippen molar-refractivity contribution >= 4 is 23.6 Å². The number of β-amino-alcohol motifs (C(OH)–C–C–N with tert-alkyl or cyclic N) is 1. The summed E-state index contributed by atoms with van der Waals surface area (Å²) in [6, 6.07) is 5.41. The maximum Gasteiger partial charge on any atom is 0.153 e. The van der Waals surface area contributed by atoms with E-state index < -0.39 is 0 Å². The van der Waals surface area contributed by atoms with Gasteiger partial charge in [-0.2, -0.15) is 0 Å². The van der Waals surface area contributed by atoms with Crippen LogP contribution in [-0.2, 0) is 0 Å². The number of rotatable bonds is 2. The van der Waals surface area contributed by atoms with E-state index in [1.807, 2.05) is 24.0 Å². The lowest BCUT2D eigenvalue weighted by atomic mass is 9.95. The number of benzene rings is 1. The molecule has 3 nitrogen and oxygen atoms in total. The first kappa shape index (κ1) is 12.4. The monoisotopic (exact) mass is 253 g/mol. The van der Waals surface area contributed by atoms with Crippen LogP contribution in [0.25, 0.3) is 0 Å². The Morgan fingerprint density at radius 1 is 1.53 bits per heavy atom. The van der Waals surface area contributed by atoms with Crippen LogP contribution in [0.3, 0.4) is 0 Å². The number of piperidine rings is 1. The van der Waals surface area contributed by atoms with Crippen LogP contribution in [0.2, 0.25) is 5.02 Å². The van der Waals surface area contributed by atoms with Gasteiger partial charge in [0.15, 0.2) is 6.29 Å². The zero-order chi connectivity index (χ0) is 12.4. The zero-order valence-electron chi connectivity index (χ0n) is 9.77. The Kier molecular flexibility index (Phi) is 3.69. The van der Waals surface area contributed by atoms with Crippen LogP contribution in [0.4, 0.5) is 5.69 Å². The van der Waals surface area contributed by atoms with Crippen LogP contribution in [0.5, 0.6) is 0 Å². The smallest absolute Gasteiger partial charge is 0.153 e. The van der Waals surface area contributed by atoms with Gasteiger partial charge in [0.2, 0.25) is 0 Å². The molecule has 1 heterocycles. The van der Waals surface area contributed by atoms with Crippen molar-refractivity contribution in [3.63, 3.8) is 0 Å². The van der Waals surface area contributed by atoms with Crippen molar-refractivity contribution in [2.24, 2.45) is 5.92 Å². The fourth-order valence-electron chi connectivity index (χ4n) is 2.19. The standard InChI is InChI=1S/C13H16ClNO2/c1-9-5-6-15(7-13(9)17)12-4-2-3-11(14)10(12)8-16/h2-4,8-9,13,17H,5-7H2,1H3. The van der Waals surface area contributed by atoms with Gasteiger partial charge in [0.25, 0.3) is 0 Å². The van der Waals surface area contributed by atoms with Crippen molar-refractivity contribution < 1.29 is 9.90 Å². The summed E-state index contributed by atoms with van der Waals surface area (Å²) in [7, 11) is 0.